The van der Waals surface area contributed by atoms with Crippen LogP contribution in [0.4, 0.5) is 4.79 Å². The largest absolute Gasteiger partial charge is 0.466 e. The highest BCUT2D eigenvalue weighted by Crippen LogP contribution is 2.48. The van der Waals surface area contributed by atoms with Crippen LogP contribution in [0.1, 0.15) is 34.1 Å². The van der Waals surface area contributed by atoms with E-state index in [2.05, 4.69) is 0 Å². The minimum Gasteiger partial charge on any atom is -0.466 e. The van der Waals surface area contributed by atoms with E-state index >= 15 is 0 Å². The zero-order valence-electron chi connectivity index (χ0n) is 13.7. The molecule has 0 aliphatic heterocycles. The number of rotatable bonds is 11. The molecule has 0 heterocycles. The lowest BCUT2D eigenvalue weighted by Crippen LogP contribution is -2.35. The molecule has 8 nitrogen and oxygen atoms in total. The van der Waals surface area contributed by atoms with Gasteiger partial charge in [-0.3, -0.25) is 14.3 Å². The molecule has 0 N–H and O–H groups in total. The van der Waals surface area contributed by atoms with Crippen LogP contribution >= 0.6 is 7.60 Å². The molecule has 0 atom stereocenters. The maximum atomic E-state index is 12.5. The van der Waals surface area contributed by atoms with E-state index in [1.165, 1.54) is 0 Å². The van der Waals surface area contributed by atoms with E-state index in [1.54, 1.807) is 27.7 Å². The second kappa shape index (κ2) is 11.5. The van der Waals surface area contributed by atoms with Crippen LogP contribution < -0.4 is 0 Å². The summed E-state index contributed by atoms with van der Waals surface area (Å²) in [7, 11) is -3.46. The van der Waals surface area contributed by atoms with Gasteiger partial charge in [-0.25, -0.2) is 4.79 Å². The Morgan fingerprint density at radius 1 is 0.909 bits per heavy atom. The van der Waals surface area contributed by atoms with Crippen LogP contribution in [-0.2, 0) is 27.9 Å². The number of carbonyl (C=O) groups is 2. The molecule has 0 saturated carbocycles. The molecule has 0 aliphatic carbocycles. The van der Waals surface area contributed by atoms with Crippen LogP contribution in [0, 0.1) is 0 Å². The van der Waals surface area contributed by atoms with E-state index in [-0.39, 0.29) is 45.7 Å². The van der Waals surface area contributed by atoms with Crippen molar-refractivity contribution >= 4 is 19.7 Å². The van der Waals surface area contributed by atoms with Crippen LogP contribution in [0.15, 0.2) is 0 Å². The van der Waals surface area contributed by atoms with Gasteiger partial charge >= 0.3 is 19.7 Å². The zero-order chi connectivity index (χ0) is 17.0. The molecular weight excluding hydrogens is 313 g/mol. The maximum Gasteiger partial charge on any atom is 0.410 e. The lowest BCUT2D eigenvalue weighted by molar-refractivity contribution is -0.143. The molecule has 0 aromatic heterocycles. The zero-order valence-corrected chi connectivity index (χ0v) is 14.6. The fourth-order valence-electron chi connectivity index (χ4n) is 1.62. The van der Waals surface area contributed by atoms with Crippen LogP contribution in [0.5, 0.6) is 0 Å². The Hall–Kier alpha value is -1.11. The van der Waals surface area contributed by atoms with Gasteiger partial charge in [0.05, 0.1) is 32.8 Å². The molecule has 1 amide bonds. The van der Waals surface area contributed by atoms with Crippen molar-refractivity contribution in [1.29, 1.82) is 0 Å². The molecule has 0 aromatic carbocycles. The summed E-state index contributed by atoms with van der Waals surface area (Å²) in [6.07, 6.45) is -0.968. The molecular formula is C13H26NO7P. The highest BCUT2D eigenvalue weighted by atomic mass is 31.2. The predicted octanol–water partition coefficient (Wildman–Crippen LogP) is 2.62. The van der Waals surface area contributed by atoms with E-state index in [1.807, 2.05) is 0 Å². The van der Waals surface area contributed by atoms with Crippen molar-refractivity contribution in [3.8, 4) is 0 Å². The molecule has 0 saturated heterocycles. The first-order chi connectivity index (χ1) is 10.4. The van der Waals surface area contributed by atoms with Gasteiger partial charge in [0.1, 0.15) is 6.29 Å². The van der Waals surface area contributed by atoms with Gasteiger partial charge < -0.3 is 18.5 Å². The van der Waals surface area contributed by atoms with Crippen LogP contribution in [0.2, 0.25) is 0 Å². The van der Waals surface area contributed by atoms with Crippen LogP contribution in [0.25, 0.3) is 0 Å². The summed E-state index contributed by atoms with van der Waals surface area (Å²) in [6, 6.07) is 0. The summed E-state index contributed by atoms with van der Waals surface area (Å²) in [5.41, 5.74) is 0. The van der Waals surface area contributed by atoms with E-state index in [0.717, 1.165) is 4.90 Å². The Labute approximate surface area is 131 Å². The van der Waals surface area contributed by atoms with Gasteiger partial charge in [0.2, 0.25) is 0 Å². The molecule has 9 heteroatoms. The second-order valence-corrected chi connectivity index (χ2v) is 6.13. The first kappa shape index (κ1) is 20.9. The van der Waals surface area contributed by atoms with E-state index in [4.69, 9.17) is 18.5 Å². The van der Waals surface area contributed by atoms with E-state index in [0.29, 0.717) is 0 Å². The fraction of sp³-hybridized carbons (Fsp3) is 0.846. The van der Waals surface area contributed by atoms with Crippen molar-refractivity contribution in [3.63, 3.8) is 0 Å². The van der Waals surface area contributed by atoms with Crippen LogP contribution in [0.3, 0.4) is 0 Å². The predicted molar refractivity (Wildman–Crippen MR) is 80.7 cm³/mol. The fourth-order valence-corrected chi connectivity index (χ4v) is 3.31. The number of hydrogen-bond donors (Lipinski definition) is 0. The molecule has 0 radical (unpaired) electrons. The Morgan fingerprint density at radius 2 is 1.45 bits per heavy atom. The van der Waals surface area contributed by atoms with Crippen molar-refractivity contribution in [1.82, 2.24) is 4.90 Å². The molecule has 130 valence electrons. The summed E-state index contributed by atoms with van der Waals surface area (Å²) < 4.78 is 32.5. The average Bonchev–Trinajstić information content (AvgIpc) is 2.44. The van der Waals surface area contributed by atoms with Gasteiger partial charge in [-0.15, -0.1) is 0 Å². The van der Waals surface area contributed by atoms with Crippen LogP contribution in [-0.4, -0.2) is 56.2 Å². The quantitative estimate of drug-likeness (QED) is 0.422. The second-order valence-electron chi connectivity index (χ2n) is 4.11. The lowest BCUT2D eigenvalue weighted by Gasteiger charge is -2.26. The molecule has 0 aliphatic rings. The third-order valence-electron chi connectivity index (χ3n) is 2.41. The molecule has 0 bridgehead atoms. The summed E-state index contributed by atoms with van der Waals surface area (Å²) >= 11 is 0. The average molecular weight is 339 g/mol. The number of carbonyl (C=O) groups excluding carboxylic acids is 2. The molecule has 0 fully saturated rings. The molecule has 0 spiro atoms. The first-order valence-electron chi connectivity index (χ1n) is 7.37. The SMILES string of the molecule is CCOC(=O)CCN(CP(=O)(OCC)OCC)C(=O)OCC. The maximum absolute atomic E-state index is 12.5. The standard InChI is InChI=1S/C13H26NO7P/c1-5-18-12(15)9-10-14(13(16)19-6-2)11-22(17,20-7-3)21-8-4/h5-11H2,1-4H3. The molecule has 0 rings (SSSR count). The van der Waals surface area contributed by atoms with Crippen molar-refractivity contribution in [2.75, 3.05) is 39.3 Å². The van der Waals surface area contributed by atoms with Crippen molar-refractivity contribution < 1.29 is 32.7 Å². The number of esters is 1. The van der Waals surface area contributed by atoms with E-state index in [9.17, 15) is 14.2 Å². The van der Waals surface area contributed by atoms with Crippen molar-refractivity contribution in [3.05, 3.63) is 0 Å². The van der Waals surface area contributed by atoms with Gasteiger partial charge in [0.15, 0.2) is 0 Å². The summed E-state index contributed by atoms with van der Waals surface area (Å²) in [5.74, 6) is -0.445. The Kier molecular flexibility index (Phi) is 10.9. The molecule has 22 heavy (non-hydrogen) atoms. The monoisotopic (exact) mass is 339 g/mol. The number of ether oxygens (including phenoxy) is 2. The lowest BCUT2D eigenvalue weighted by atomic mass is 10.4. The minimum absolute atomic E-state index is 0.0157. The third kappa shape index (κ3) is 8.36. The summed E-state index contributed by atoms with van der Waals surface area (Å²) in [5, 5.41) is 0. The minimum atomic E-state index is -3.46. The number of nitrogens with zero attached hydrogens (tertiary/aromatic N) is 1. The summed E-state index contributed by atoms with van der Waals surface area (Å²) in [4.78, 5) is 24.5. The Bertz CT molecular complexity index is 379. The van der Waals surface area contributed by atoms with Gasteiger partial charge in [0.25, 0.3) is 0 Å². The Morgan fingerprint density at radius 3 is 1.91 bits per heavy atom. The smallest absolute Gasteiger partial charge is 0.410 e. The molecule has 0 aromatic rings. The first-order valence-corrected chi connectivity index (χ1v) is 9.10. The number of amides is 1. The van der Waals surface area contributed by atoms with Gasteiger partial charge in [-0.2, -0.15) is 0 Å². The highest BCUT2D eigenvalue weighted by Gasteiger charge is 2.30. The van der Waals surface area contributed by atoms with Gasteiger partial charge in [-0.05, 0) is 27.7 Å². The highest BCUT2D eigenvalue weighted by molar-refractivity contribution is 7.53. The third-order valence-corrected chi connectivity index (χ3v) is 4.40. The summed E-state index contributed by atoms with van der Waals surface area (Å²) in [6.45, 7) is 7.53. The van der Waals surface area contributed by atoms with Gasteiger partial charge in [-0.1, -0.05) is 0 Å². The van der Waals surface area contributed by atoms with Gasteiger partial charge in [0, 0.05) is 6.54 Å². The van der Waals surface area contributed by atoms with E-state index < -0.39 is 19.7 Å². The van der Waals surface area contributed by atoms with Crippen molar-refractivity contribution in [2.24, 2.45) is 0 Å². The number of hydrogen-bond acceptors (Lipinski definition) is 7. The topological polar surface area (TPSA) is 91.4 Å². The Balaban J connectivity index is 4.86. The normalized spacial score (nSPS) is 11.1. The molecule has 0 unspecified atom stereocenters. The van der Waals surface area contributed by atoms with Crippen molar-refractivity contribution in [2.45, 2.75) is 34.1 Å².